The van der Waals surface area contributed by atoms with Gasteiger partial charge in [-0.25, -0.2) is 18.3 Å². The van der Waals surface area contributed by atoms with E-state index in [0.717, 1.165) is 0 Å². The van der Waals surface area contributed by atoms with E-state index in [0.29, 0.717) is 0 Å². The van der Waals surface area contributed by atoms with Gasteiger partial charge < -0.3 is 0 Å². The number of rotatable bonds is 1. The Morgan fingerprint density at radius 1 is 0.857 bits per heavy atom. The number of nitrogens with zero attached hydrogens (tertiary/aromatic N) is 4. The Morgan fingerprint density at radius 2 is 1.21 bits per heavy atom. The molecule has 74 valence electrons. The van der Waals surface area contributed by atoms with Crippen LogP contribution in [0.2, 0.25) is 0 Å². The second kappa shape index (κ2) is 2.97. The molecule has 0 spiro atoms. The number of aromatic nitrogens is 4. The second-order valence-electron chi connectivity index (χ2n) is 3.69. The highest BCUT2D eigenvalue weighted by molar-refractivity contribution is 5.35. The van der Waals surface area contributed by atoms with E-state index in [1.807, 2.05) is 0 Å². The van der Waals surface area contributed by atoms with Crippen molar-refractivity contribution in [1.82, 2.24) is 9.13 Å². The molecule has 0 saturated heterocycles. The van der Waals surface area contributed by atoms with E-state index in [4.69, 9.17) is 0 Å². The molecule has 2 aromatic rings. The van der Waals surface area contributed by atoms with Crippen LogP contribution in [0, 0.1) is 0 Å². The fraction of sp³-hybridized carbons (Fsp3) is 0.400. The molecule has 2 aromatic heterocycles. The van der Waals surface area contributed by atoms with Crippen molar-refractivity contribution in [3.05, 3.63) is 24.8 Å². The molecule has 0 N–H and O–H groups in total. The van der Waals surface area contributed by atoms with Crippen molar-refractivity contribution in [3.8, 4) is 11.6 Å². The van der Waals surface area contributed by atoms with Crippen LogP contribution in [-0.4, -0.2) is 9.13 Å². The zero-order valence-corrected chi connectivity index (χ0v) is 9.10. The van der Waals surface area contributed by atoms with Crippen LogP contribution in [0.15, 0.2) is 24.8 Å². The van der Waals surface area contributed by atoms with Crippen molar-refractivity contribution in [2.45, 2.75) is 0 Å². The third-order valence-corrected chi connectivity index (χ3v) is 2.56. The summed E-state index contributed by atoms with van der Waals surface area (Å²) < 4.78 is 8.48. The number of hydrogen-bond donors (Lipinski definition) is 0. The minimum atomic E-state index is 1.19. The van der Waals surface area contributed by atoms with Gasteiger partial charge in [-0.05, 0) is 0 Å². The van der Waals surface area contributed by atoms with Crippen molar-refractivity contribution < 1.29 is 9.13 Å². The highest BCUT2D eigenvalue weighted by atomic mass is 15.2. The smallest absolute Gasteiger partial charge is 0.226 e. The monoisotopic (exact) mass is 192 g/mol. The highest BCUT2D eigenvalue weighted by Crippen LogP contribution is 2.08. The molecule has 14 heavy (non-hydrogen) atoms. The molecule has 0 amide bonds. The van der Waals surface area contributed by atoms with Gasteiger partial charge in [0, 0.05) is 0 Å². The maximum Gasteiger partial charge on any atom is 0.372 e. The quantitative estimate of drug-likeness (QED) is 0.551. The Balaban J connectivity index is 2.71. The molecule has 0 aliphatic carbocycles. The summed E-state index contributed by atoms with van der Waals surface area (Å²) in [6.07, 6.45) is 8.23. The molecule has 0 aliphatic heterocycles. The standard InChI is InChI=1S/C10H16N4/c1-11-5-6-12(2)9(11)10-13(3)7-8-14(10)4/h5-8H,1-4H3/q+2. The largest absolute Gasteiger partial charge is 0.372 e. The first-order chi connectivity index (χ1) is 6.61. The zero-order chi connectivity index (χ0) is 10.3. The van der Waals surface area contributed by atoms with E-state index in [1.165, 1.54) is 11.6 Å². The normalized spacial score (nSPS) is 10.9. The van der Waals surface area contributed by atoms with Gasteiger partial charge in [-0.3, -0.25) is 0 Å². The van der Waals surface area contributed by atoms with E-state index >= 15 is 0 Å². The van der Waals surface area contributed by atoms with Crippen LogP contribution in [0.3, 0.4) is 0 Å². The average molecular weight is 192 g/mol. The van der Waals surface area contributed by atoms with Crippen LogP contribution in [0.4, 0.5) is 0 Å². The fourth-order valence-corrected chi connectivity index (χ4v) is 1.81. The summed E-state index contributed by atoms with van der Waals surface area (Å²) in [6.45, 7) is 0. The summed E-state index contributed by atoms with van der Waals surface area (Å²) in [5, 5.41) is 0. The van der Waals surface area contributed by atoms with Crippen LogP contribution in [0.5, 0.6) is 0 Å². The predicted octanol–water partition coefficient (Wildman–Crippen LogP) is -0.320. The van der Waals surface area contributed by atoms with Crippen LogP contribution in [0.1, 0.15) is 0 Å². The first-order valence-electron chi connectivity index (χ1n) is 4.63. The van der Waals surface area contributed by atoms with Gasteiger partial charge in [0.25, 0.3) is 0 Å². The van der Waals surface area contributed by atoms with Crippen molar-refractivity contribution in [2.24, 2.45) is 28.2 Å². The molecule has 0 unspecified atom stereocenters. The number of aryl methyl sites for hydroxylation is 4. The van der Waals surface area contributed by atoms with Crippen LogP contribution in [-0.2, 0) is 28.2 Å². The summed E-state index contributed by atoms with van der Waals surface area (Å²) in [4.78, 5) is 0. The lowest BCUT2D eigenvalue weighted by Crippen LogP contribution is -2.37. The van der Waals surface area contributed by atoms with Crippen molar-refractivity contribution in [2.75, 3.05) is 0 Å². The third kappa shape index (κ3) is 1.14. The molecule has 0 aliphatic rings. The minimum absolute atomic E-state index is 1.19. The summed E-state index contributed by atoms with van der Waals surface area (Å²) in [5.74, 6) is 2.39. The summed E-state index contributed by atoms with van der Waals surface area (Å²) in [7, 11) is 8.23. The molecule has 0 bridgehead atoms. The molecule has 4 nitrogen and oxygen atoms in total. The predicted molar refractivity (Wildman–Crippen MR) is 52.2 cm³/mol. The molecule has 0 radical (unpaired) electrons. The topological polar surface area (TPSA) is 17.6 Å². The van der Waals surface area contributed by atoms with Crippen LogP contribution < -0.4 is 9.13 Å². The van der Waals surface area contributed by atoms with Gasteiger partial charge in [0.15, 0.2) is 0 Å². The first kappa shape index (κ1) is 8.99. The maximum absolute atomic E-state index is 2.12. The molecule has 0 fully saturated rings. The van der Waals surface area contributed by atoms with Crippen LogP contribution in [0.25, 0.3) is 11.6 Å². The zero-order valence-electron chi connectivity index (χ0n) is 9.10. The first-order valence-corrected chi connectivity index (χ1v) is 4.63. The number of hydrogen-bond acceptors (Lipinski definition) is 0. The summed E-state index contributed by atoms with van der Waals surface area (Å²) in [5.41, 5.74) is 0. The molecule has 4 heteroatoms. The Morgan fingerprint density at radius 3 is 1.43 bits per heavy atom. The van der Waals surface area contributed by atoms with E-state index in [-0.39, 0.29) is 0 Å². The Kier molecular flexibility index (Phi) is 1.91. The Bertz CT molecular complexity index is 381. The van der Waals surface area contributed by atoms with Crippen LogP contribution >= 0.6 is 0 Å². The molecule has 0 saturated carbocycles. The molecule has 2 rings (SSSR count). The fourth-order valence-electron chi connectivity index (χ4n) is 1.81. The average Bonchev–Trinajstić information content (AvgIpc) is 2.60. The molecular weight excluding hydrogens is 176 g/mol. The molecule has 0 aromatic carbocycles. The highest BCUT2D eigenvalue weighted by Gasteiger charge is 2.26. The lowest BCUT2D eigenvalue weighted by Gasteiger charge is -1.95. The van der Waals surface area contributed by atoms with E-state index in [2.05, 4.69) is 71.2 Å². The van der Waals surface area contributed by atoms with E-state index in [9.17, 15) is 0 Å². The lowest BCUT2D eigenvalue weighted by atomic mass is 10.5. The molecule has 2 heterocycles. The SMILES string of the molecule is Cn1cc[n+](C)c1-c1n(C)cc[n+]1C. The van der Waals surface area contributed by atoms with Crippen molar-refractivity contribution in [1.29, 1.82) is 0 Å². The van der Waals surface area contributed by atoms with Gasteiger partial charge in [0.1, 0.15) is 24.8 Å². The Labute approximate surface area is 83.6 Å². The summed E-state index contributed by atoms with van der Waals surface area (Å²) in [6, 6.07) is 0. The van der Waals surface area contributed by atoms with Gasteiger partial charge in [0.2, 0.25) is 0 Å². The van der Waals surface area contributed by atoms with Gasteiger partial charge in [-0.1, -0.05) is 0 Å². The Hall–Kier alpha value is -1.58. The van der Waals surface area contributed by atoms with Crippen molar-refractivity contribution in [3.63, 3.8) is 0 Å². The van der Waals surface area contributed by atoms with E-state index in [1.54, 1.807) is 0 Å². The second-order valence-corrected chi connectivity index (χ2v) is 3.69. The molecular formula is C10H16N4+2. The van der Waals surface area contributed by atoms with Gasteiger partial charge >= 0.3 is 11.6 Å². The minimum Gasteiger partial charge on any atom is -0.226 e. The van der Waals surface area contributed by atoms with Gasteiger partial charge in [-0.2, -0.15) is 0 Å². The van der Waals surface area contributed by atoms with Gasteiger partial charge in [0.05, 0.1) is 28.2 Å². The van der Waals surface area contributed by atoms with E-state index < -0.39 is 0 Å². The van der Waals surface area contributed by atoms with Crippen molar-refractivity contribution >= 4 is 0 Å². The summed E-state index contributed by atoms with van der Waals surface area (Å²) >= 11 is 0. The maximum atomic E-state index is 2.12. The number of imidazole rings is 2. The van der Waals surface area contributed by atoms with Gasteiger partial charge in [-0.15, -0.1) is 0 Å². The lowest BCUT2D eigenvalue weighted by molar-refractivity contribution is -0.690. The molecule has 0 atom stereocenters. The third-order valence-electron chi connectivity index (χ3n) is 2.56.